The molecule has 3 heteroatoms. The van der Waals surface area contributed by atoms with Crippen LogP contribution in [-0.4, -0.2) is 41.8 Å². The molecular formula is C9H20N2O. The van der Waals surface area contributed by atoms with Crippen LogP contribution in [0.2, 0.25) is 0 Å². The first kappa shape index (κ1) is 9.96. The summed E-state index contributed by atoms with van der Waals surface area (Å²) in [6.45, 7) is 4.59. The molecule has 12 heavy (non-hydrogen) atoms. The highest BCUT2D eigenvalue weighted by molar-refractivity contribution is 4.78. The lowest BCUT2D eigenvalue weighted by Gasteiger charge is -2.24. The first-order valence-electron chi connectivity index (χ1n) is 4.84. The van der Waals surface area contributed by atoms with E-state index in [0.717, 1.165) is 13.0 Å². The van der Waals surface area contributed by atoms with E-state index in [1.807, 2.05) is 0 Å². The molecule has 3 N–H and O–H groups in total. The summed E-state index contributed by atoms with van der Waals surface area (Å²) < 4.78 is 0. The Balaban J connectivity index is 2.20. The summed E-state index contributed by atoms with van der Waals surface area (Å²) in [6, 6.07) is 0.838. The third-order valence-electron chi connectivity index (χ3n) is 2.66. The van der Waals surface area contributed by atoms with Crippen molar-refractivity contribution in [2.24, 2.45) is 5.73 Å². The monoisotopic (exact) mass is 172 g/mol. The normalized spacial score (nSPS) is 27.8. The minimum atomic E-state index is 0.149. The van der Waals surface area contributed by atoms with Crippen LogP contribution in [0.4, 0.5) is 0 Å². The van der Waals surface area contributed by atoms with Crippen LogP contribution in [0, 0.1) is 0 Å². The molecule has 3 nitrogen and oxygen atoms in total. The van der Waals surface area contributed by atoms with Crippen LogP contribution >= 0.6 is 0 Å². The molecule has 0 spiro atoms. The van der Waals surface area contributed by atoms with Crippen LogP contribution in [0.15, 0.2) is 0 Å². The Morgan fingerprint density at radius 1 is 1.67 bits per heavy atom. The van der Waals surface area contributed by atoms with E-state index in [9.17, 15) is 0 Å². The third-order valence-corrected chi connectivity index (χ3v) is 2.66. The van der Waals surface area contributed by atoms with Gasteiger partial charge in [-0.3, -0.25) is 4.90 Å². The van der Waals surface area contributed by atoms with Gasteiger partial charge in [0.15, 0.2) is 0 Å². The summed E-state index contributed by atoms with van der Waals surface area (Å²) in [6.07, 6.45) is 3.32. The molecule has 1 fully saturated rings. The van der Waals surface area contributed by atoms with Gasteiger partial charge in [-0.1, -0.05) is 0 Å². The molecule has 1 rings (SSSR count). The number of rotatable bonds is 4. The second kappa shape index (κ2) is 4.80. The van der Waals surface area contributed by atoms with Gasteiger partial charge in [0.25, 0.3) is 0 Å². The minimum Gasteiger partial charge on any atom is -0.396 e. The lowest BCUT2D eigenvalue weighted by atomic mass is 10.2. The standard InChI is InChI=1S/C9H20N2O/c1-8-3-2-5-11(8)7-9(10)4-6-12/h8-9,12H,2-7,10H2,1H3. The van der Waals surface area contributed by atoms with Crippen molar-refractivity contribution < 1.29 is 5.11 Å². The largest absolute Gasteiger partial charge is 0.396 e. The van der Waals surface area contributed by atoms with E-state index in [-0.39, 0.29) is 12.6 Å². The number of hydrogen-bond donors (Lipinski definition) is 2. The maximum absolute atomic E-state index is 8.68. The molecule has 0 bridgehead atoms. The SMILES string of the molecule is CC1CCCN1CC(N)CCO. The van der Waals surface area contributed by atoms with Crippen LogP contribution < -0.4 is 5.73 Å². The van der Waals surface area contributed by atoms with E-state index < -0.39 is 0 Å². The quantitative estimate of drug-likeness (QED) is 0.636. The summed E-state index contributed by atoms with van der Waals surface area (Å²) in [5, 5.41) is 8.68. The van der Waals surface area contributed by atoms with E-state index in [0.29, 0.717) is 6.04 Å². The minimum absolute atomic E-state index is 0.149. The number of hydrogen-bond acceptors (Lipinski definition) is 3. The summed E-state index contributed by atoms with van der Waals surface area (Å²) in [7, 11) is 0. The second-order valence-corrected chi connectivity index (χ2v) is 3.76. The van der Waals surface area contributed by atoms with Crippen LogP contribution in [0.1, 0.15) is 26.2 Å². The molecule has 0 amide bonds. The maximum Gasteiger partial charge on any atom is 0.0446 e. The smallest absolute Gasteiger partial charge is 0.0446 e. The maximum atomic E-state index is 8.68. The van der Waals surface area contributed by atoms with Crippen molar-refractivity contribution in [1.82, 2.24) is 4.90 Å². The van der Waals surface area contributed by atoms with E-state index >= 15 is 0 Å². The molecule has 72 valence electrons. The zero-order valence-corrected chi connectivity index (χ0v) is 7.87. The van der Waals surface area contributed by atoms with Gasteiger partial charge in [0.05, 0.1) is 0 Å². The average Bonchev–Trinajstić information content (AvgIpc) is 2.37. The van der Waals surface area contributed by atoms with Crippen LogP contribution in [0.5, 0.6) is 0 Å². The van der Waals surface area contributed by atoms with E-state index in [2.05, 4.69) is 11.8 Å². The fourth-order valence-electron chi connectivity index (χ4n) is 1.82. The third kappa shape index (κ3) is 2.73. The number of nitrogens with zero attached hydrogens (tertiary/aromatic N) is 1. The molecule has 1 aliphatic rings. The van der Waals surface area contributed by atoms with Gasteiger partial charge < -0.3 is 10.8 Å². The molecular weight excluding hydrogens is 152 g/mol. The highest BCUT2D eigenvalue weighted by Crippen LogP contribution is 2.16. The molecule has 1 aliphatic heterocycles. The predicted octanol–water partition coefficient (Wildman–Crippen LogP) is 0.180. The van der Waals surface area contributed by atoms with Crippen molar-refractivity contribution in [3.63, 3.8) is 0 Å². The van der Waals surface area contributed by atoms with Crippen molar-refractivity contribution in [3.05, 3.63) is 0 Å². The fraction of sp³-hybridized carbons (Fsp3) is 1.00. The molecule has 0 radical (unpaired) electrons. The summed E-state index contributed by atoms with van der Waals surface area (Å²) >= 11 is 0. The van der Waals surface area contributed by atoms with Crippen molar-refractivity contribution in [2.45, 2.75) is 38.3 Å². The highest BCUT2D eigenvalue weighted by atomic mass is 16.3. The predicted molar refractivity (Wildman–Crippen MR) is 49.9 cm³/mol. The van der Waals surface area contributed by atoms with E-state index in [1.54, 1.807) is 0 Å². The highest BCUT2D eigenvalue weighted by Gasteiger charge is 2.21. The number of aliphatic hydroxyl groups excluding tert-OH is 1. The number of aliphatic hydroxyl groups is 1. The summed E-state index contributed by atoms with van der Waals surface area (Å²) in [5.41, 5.74) is 5.82. The van der Waals surface area contributed by atoms with Crippen LogP contribution in [-0.2, 0) is 0 Å². The molecule has 1 heterocycles. The average molecular weight is 172 g/mol. The molecule has 1 saturated heterocycles. The zero-order chi connectivity index (χ0) is 8.97. The number of nitrogens with two attached hydrogens (primary N) is 1. The van der Waals surface area contributed by atoms with Gasteiger partial charge in [-0.05, 0) is 32.7 Å². The van der Waals surface area contributed by atoms with E-state index in [4.69, 9.17) is 10.8 Å². The number of likely N-dealkylation sites (tertiary alicyclic amines) is 1. The van der Waals surface area contributed by atoms with Crippen molar-refractivity contribution in [1.29, 1.82) is 0 Å². The Morgan fingerprint density at radius 3 is 2.92 bits per heavy atom. The van der Waals surface area contributed by atoms with Crippen molar-refractivity contribution in [2.75, 3.05) is 19.7 Å². The van der Waals surface area contributed by atoms with E-state index in [1.165, 1.54) is 19.4 Å². The Labute approximate surface area is 74.5 Å². The molecule has 2 unspecified atom stereocenters. The van der Waals surface area contributed by atoms with Gasteiger partial charge in [-0.25, -0.2) is 0 Å². The van der Waals surface area contributed by atoms with Crippen LogP contribution in [0.3, 0.4) is 0 Å². The summed E-state index contributed by atoms with van der Waals surface area (Å²) in [4.78, 5) is 2.42. The van der Waals surface area contributed by atoms with Crippen LogP contribution in [0.25, 0.3) is 0 Å². The Bertz CT molecular complexity index is 130. The molecule has 0 aromatic heterocycles. The zero-order valence-electron chi connectivity index (χ0n) is 7.87. The molecule has 0 aliphatic carbocycles. The Hall–Kier alpha value is -0.120. The Kier molecular flexibility index (Phi) is 3.98. The molecule has 2 atom stereocenters. The van der Waals surface area contributed by atoms with Crippen molar-refractivity contribution in [3.8, 4) is 0 Å². The fourth-order valence-corrected chi connectivity index (χ4v) is 1.82. The van der Waals surface area contributed by atoms with Gasteiger partial charge in [0.1, 0.15) is 0 Å². The van der Waals surface area contributed by atoms with Gasteiger partial charge in [0, 0.05) is 25.2 Å². The van der Waals surface area contributed by atoms with Gasteiger partial charge in [-0.15, -0.1) is 0 Å². The lowest BCUT2D eigenvalue weighted by molar-refractivity contribution is 0.220. The summed E-state index contributed by atoms with van der Waals surface area (Å²) in [5.74, 6) is 0. The molecule has 0 aromatic rings. The second-order valence-electron chi connectivity index (χ2n) is 3.76. The molecule has 0 saturated carbocycles. The van der Waals surface area contributed by atoms with Crippen molar-refractivity contribution >= 4 is 0 Å². The topological polar surface area (TPSA) is 49.5 Å². The van der Waals surface area contributed by atoms with Gasteiger partial charge >= 0.3 is 0 Å². The Morgan fingerprint density at radius 2 is 2.42 bits per heavy atom. The first-order chi connectivity index (χ1) is 5.74. The van der Waals surface area contributed by atoms with Gasteiger partial charge in [-0.2, -0.15) is 0 Å². The molecule has 0 aromatic carbocycles. The first-order valence-corrected chi connectivity index (χ1v) is 4.84. The lowest BCUT2D eigenvalue weighted by Crippen LogP contribution is -2.39. The van der Waals surface area contributed by atoms with Gasteiger partial charge in [0.2, 0.25) is 0 Å².